The number of carboxylic acid groups (broad SMARTS) is 1. The second-order valence-electron chi connectivity index (χ2n) is 7.88. The van der Waals surface area contributed by atoms with Crippen LogP contribution in [0.3, 0.4) is 0 Å². The van der Waals surface area contributed by atoms with Crippen LogP contribution in [0.2, 0.25) is 0 Å². The number of thiazole rings is 1. The third-order valence-corrected chi connectivity index (χ3v) is 7.54. The third-order valence-electron chi connectivity index (χ3n) is 5.57. The van der Waals surface area contributed by atoms with Crippen LogP contribution in [0.4, 0.5) is 14.3 Å². The number of ether oxygens (including phenoxy) is 1. The van der Waals surface area contributed by atoms with Crippen molar-refractivity contribution in [3.63, 3.8) is 0 Å². The normalized spacial score (nSPS) is 15.4. The van der Waals surface area contributed by atoms with E-state index >= 15 is 0 Å². The lowest BCUT2D eigenvalue weighted by Gasteiger charge is -2.29. The molecule has 12 heteroatoms. The SMILES string of the molecule is O=C(O)N(CC1CCO1)c1nc2ccc(Sc3nnc4ccc(-c5ccc(F)cc5)nn34)cc2s1. The van der Waals surface area contributed by atoms with Crippen molar-refractivity contribution in [2.75, 3.05) is 18.1 Å². The van der Waals surface area contributed by atoms with Gasteiger partial charge in [-0.15, -0.1) is 10.2 Å². The Morgan fingerprint density at radius 2 is 2.03 bits per heavy atom. The van der Waals surface area contributed by atoms with E-state index in [4.69, 9.17) is 4.74 Å². The van der Waals surface area contributed by atoms with E-state index in [1.165, 1.54) is 40.1 Å². The average molecular weight is 509 g/mol. The number of carbonyl (C=O) groups is 1. The van der Waals surface area contributed by atoms with E-state index in [2.05, 4.69) is 20.3 Å². The van der Waals surface area contributed by atoms with E-state index in [0.717, 1.165) is 27.1 Å². The first-order valence-corrected chi connectivity index (χ1v) is 12.4. The van der Waals surface area contributed by atoms with Crippen LogP contribution in [-0.2, 0) is 4.74 Å². The molecule has 1 N–H and O–H groups in total. The maximum absolute atomic E-state index is 13.3. The van der Waals surface area contributed by atoms with Gasteiger partial charge in [-0.05, 0) is 72.8 Å². The molecular weight excluding hydrogens is 491 g/mol. The zero-order chi connectivity index (χ0) is 23.9. The molecule has 5 aromatic rings. The molecular formula is C23H17FN6O3S2. The molecule has 1 fully saturated rings. The number of halogens is 1. The van der Waals surface area contributed by atoms with Crippen molar-refractivity contribution in [3.05, 3.63) is 60.4 Å². The van der Waals surface area contributed by atoms with Crippen molar-refractivity contribution in [3.8, 4) is 11.3 Å². The Bertz CT molecular complexity index is 1550. The molecule has 4 heterocycles. The van der Waals surface area contributed by atoms with Crippen LogP contribution >= 0.6 is 23.1 Å². The van der Waals surface area contributed by atoms with E-state index in [1.807, 2.05) is 30.3 Å². The lowest BCUT2D eigenvalue weighted by Crippen LogP contribution is -2.42. The van der Waals surface area contributed by atoms with E-state index < -0.39 is 6.09 Å². The van der Waals surface area contributed by atoms with Crippen LogP contribution in [0.25, 0.3) is 27.1 Å². The minimum absolute atomic E-state index is 0.0854. The van der Waals surface area contributed by atoms with Crippen LogP contribution in [0.1, 0.15) is 6.42 Å². The molecule has 0 spiro atoms. The predicted octanol–water partition coefficient (Wildman–Crippen LogP) is 4.96. The first kappa shape index (κ1) is 21.9. The van der Waals surface area contributed by atoms with Gasteiger partial charge in [0.25, 0.3) is 0 Å². The topological polar surface area (TPSA) is 106 Å². The highest BCUT2D eigenvalue weighted by molar-refractivity contribution is 7.99. The fraction of sp³-hybridized carbons (Fsp3) is 0.174. The van der Waals surface area contributed by atoms with Crippen molar-refractivity contribution >= 4 is 50.2 Å². The molecule has 1 unspecified atom stereocenters. The van der Waals surface area contributed by atoms with E-state index in [-0.39, 0.29) is 18.5 Å². The van der Waals surface area contributed by atoms with Gasteiger partial charge in [-0.1, -0.05) is 11.3 Å². The first-order chi connectivity index (χ1) is 17.0. The van der Waals surface area contributed by atoms with Gasteiger partial charge in [0.1, 0.15) is 5.82 Å². The van der Waals surface area contributed by atoms with Gasteiger partial charge in [0, 0.05) is 17.1 Å². The summed E-state index contributed by atoms with van der Waals surface area (Å²) < 4.78 is 21.2. The van der Waals surface area contributed by atoms with Crippen LogP contribution in [0.5, 0.6) is 0 Å². The molecule has 1 amide bonds. The molecule has 1 atom stereocenters. The van der Waals surface area contributed by atoms with E-state index in [1.54, 1.807) is 16.6 Å². The fourth-order valence-electron chi connectivity index (χ4n) is 3.65. The van der Waals surface area contributed by atoms with Crippen LogP contribution in [0, 0.1) is 5.82 Å². The number of rotatable bonds is 6. The van der Waals surface area contributed by atoms with Crippen molar-refractivity contribution in [2.24, 2.45) is 0 Å². The average Bonchev–Trinajstić information content (AvgIpc) is 3.42. The number of hydrogen-bond donors (Lipinski definition) is 1. The molecule has 0 saturated carbocycles. The zero-order valence-corrected chi connectivity index (χ0v) is 19.7. The summed E-state index contributed by atoms with van der Waals surface area (Å²) in [6.45, 7) is 0.931. The Labute approximate surface area is 206 Å². The summed E-state index contributed by atoms with van der Waals surface area (Å²) >= 11 is 2.71. The second kappa shape index (κ2) is 8.87. The van der Waals surface area contributed by atoms with E-state index in [9.17, 15) is 14.3 Å². The summed E-state index contributed by atoms with van der Waals surface area (Å²) in [5.41, 5.74) is 2.77. The molecule has 176 valence electrons. The summed E-state index contributed by atoms with van der Waals surface area (Å²) in [7, 11) is 0. The van der Waals surface area contributed by atoms with Crippen LogP contribution < -0.4 is 4.90 Å². The maximum atomic E-state index is 13.3. The van der Waals surface area contributed by atoms with E-state index in [0.29, 0.717) is 28.2 Å². The molecule has 0 aliphatic carbocycles. The van der Waals surface area contributed by atoms with Crippen molar-refractivity contribution in [1.29, 1.82) is 0 Å². The highest BCUT2D eigenvalue weighted by Crippen LogP contribution is 2.35. The third kappa shape index (κ3) is 4.31. The second-order valence-corrected chi connectivity index (χ2v) is 9.93. The van der Waals surface area contributed by atoms with Crippen molar-refractivity contribution in [2.45, 2.75) is 22.6 Å². The van der Waals surface area contributed by atoms with Crippen molar-refractivity contribution in [1.82, 2.24) is 24.8 Å². The van der Waals surface area contributed by atoms with Gasteiger partial charge >= 0.3 is 6.09 Å². The molecule has 1 aliphatic heterocycles. The van der Waals surface area contributed by atoms with Crippen LogP contribution in [-0.4, -0.2) is 55.3 Å². The number of aromatic nitrogens is 5. The molecule has 9 nitrogen and oxygen atoms in total. The molecule has 0 bridgehead atoms. The number of benzene rings is 2. The lowest BCUT2D eigenvalue weighted by molar-refractivity contribution is -0.0441. The Kier molecular flexibility index (Phi) is 5.55. The molecule has 2 aromatic carbocycles. The summed E-state index contributed by atoms with van der Waals surface area (Å²) in [5, 5.41) is 23.7. The van der Waals surface area contributed by atoms with Gasteiger partial charge in [0.15, 0.2) is 10.8 Å². The summed E-state index contributed by atoms with van der Waals surface area (Å²) in [5.74, 6) is -0.306. The highest BCUT2D eigenvalue weighted by Gasteiger charge is 2.27. The number of anilines is 1. The number of fused-ring (bicyclic) bond motifs is 2. The molecule has 35 heavy (non-hydrogen) atoms. The Morgan fingerprint density at radius 1 is 1.20 bits per heavy atom. The standard InChI is InChI=1S/C23H17FN6O3S2/c24-14-3-1-13(2-4-14)17-7-8-20-26-27-22(30(20)28-17)34-16-5-6-18-19(11-16)35-21(25-18)29(23(31)32)12-15-9-10-33-15/h1-8,11,15H,9-10,12H2,(H,31,32). The van der Waals surface area contributed by atoms with Crippen molar-refractivity contribution < 1.29 is 19.0 Å². The number of nitrogens with zero attached hydrogens (tertiary/aromatic N) is 6. The molecule has 3 aromatic heterocycles. The van der Waals surface area contributed by atoms with Crippen LogP contribution in [0.15, 0.2) is 64.6 Å². The zero-order valence-electron chi connectivity index (χ0n) is 18.0. The van der Waals surface area contributed by atoms with Gasteiger partial charge in [-0.3, -0.25) is 4.90 Å². The Hall–Kier alpha value is -3.61. The summed E-state index contributed by atoms with van der Waals surface area (Å²) in [6.07, 6.45) is -0.288. The first-order valence-electron chi connectivity index (χ1n) is 10.7. The Balaban J connectivity index is 1.29. The van der Waals surface area contributed by atoms with Gasteiger partial charge in [0.2, 0.25) is 5.16 Å². The molecule has 6 rings (SSSR count). The number of hydrogen-bond acceptors (Lipinski definition) is 8. The Morgan fingerprint density at radius 3 is 2.77 bits per heavy atom. The van der Waals surface area contributed by atoms with Gasteiger partial charge in [-0.2, -0.15) is 9.61 Å². The minimum Gasteiger partial charge on any atom is -0.465 e. The van der Waals surface area contributed by atoms with Gasteiger partial charge < -0.3 is 9.84 Å². The lowest BCUT2D eigenvalue weighted by atomic mass is 10.1. The largest absolute Gasteiger partial charge is 0.465 e. The smallest absolute Gasteiger partial charge is 0.413 e. The molecule has 1 aliphatic rings. The maximum Gasteiger partial charge on any atom is 0.413 e. The summed E-state index contributed by atoms with van der Waals surface area (Å²) in [6, 6.07) is 15.5. The molecule has 0 radical (unpaired) electrons. The predicted molar refractivity (Wildman–Crippen MR) is 130 cm³/mol. The highest BCUT2D eigenvalue weighted by atomic mass is 32.2. The monoisotopic (exact) mass is 508 g/mol. The molecule has 1 saturated heterocycles. The van der Waals surface area contributed by atoms with Gasteiger partial charge in [0.05, 0.1) is 28.6 Å². The fourth-order valence-corrected chi connectivity index (χ4v) is 5.56. The van der Waals surface area contributed by atoms with Gasteiger partial charge in [-0.25, -0.2) is 14.2 Å². The number of amides is 1. The quantitative estimate of drug-likeness (QED) is 0.343. The summed E-state index contributed by atoms with van der Waals surface area (Å²) in [4.78, 5) is 18.4. The minimum atomic E-state index is -1.05.